The average Bonchev–Trinajstić information content (AvgIpc) is 2.65. The number of benzene rings is 1. The van der Waals surface area contributed by atoms with Crippen molar-refractivity contribution in [2.45, 2.75) is 92.0 Å². The van der Waals surface area contributed by atoms with E-state index in [0.29, 0.717) is 5.56 Å². The number of aryl methyl sites for hydroxylation is 2. The van der Waals surface area contributed by atoms with Gasteiger partial charge in [0.25, 0.3) is 0 Å². The molecule has 0 saturated heterocycles. The van der Waals surface area contributed by atoms with Crippen LogP contribution in [0.1, 0.15) is 77.1 Å². The predicted molar refractivity (Wildman–Crippen MR) is 131 cm³/mol. The fourth-order valence-corrected chi connectivity index (χ4v) is 3.66. The Labute approximate surface area is 202 Å². The molecular weight excluding hydrogens is 436 g/mol. The summed E-state index contributed by atoms with van der Waals surface area (Å²) >= 11 is 0. The molecule has 0 fully saturated rings. The molecule has 1 rings (SSSR count). The summed E-state index contributed by atoms with van der Waals surface area (Å²) in [6, 6.07) is 3.57. The van der Waals surface area contributed by atoms with Crippen LogP contribution in [0.15, 0.2) is 18.2 Å². The molecule has 2 unspecified atom stereocenters. The maximum atomic E-state index is 13.7. The van der Waals surface area contributed by atoms with Crippen LogP contribution in [0.3, 0.4) is 0 Å². The molecule has 0 aromatic heterocycles. The van der Waals surface area contributed by atoms with E-state index in [1.807, 2.05) is 45.9 Å². The third-order valence-electron chi connectivity index (χ3n) is 4.84. The number of ether oxygens (including phenoxy) is 1. The summed E-state index contributed by atoms with van der Waals surface area (Å²) in [4.78, 5) is 52.3. The number of rotatable bonds is 10. The molecule has 0 radical (unpaired) electrons. The van der Waals surface area contributed by atoms with Gasteiger partial charge in [0.15, 0.2) is 0 Å². The smallest absolute Gasteiger partial charge is 0.408 e. The van der Waals surface area contributed by atoms with Gasteiger partial charge >= 0.3 is 6.09 Å². The minimum absolute atomic E-state index is 0.0186. The van der Waals surface area contributed by atoms with Crippen molar-refractivity contribution < 1.29 is 23.9 Å². The van der Waals surface area contributed by atoms with Crippen molar-refractivity contribution in [1.82, 2.24) is 15.5 Å². The monoisotopic (exact) mass is 476 g/mol. The van der Waals surface area contributed by atoms with Gasteiger partial charge in [0.05, 0.1) is 0 Å². The molecule has 0 aliphatic rings. The second kappa shape index (κ2) is 12.4. The zero-order chi connectivity index (χ0) is 26.2. The van der Waals surface area contributed by atoms with E-state index >= 15 is 0 Å². The molecule has 0 bridgehead atoms. The summed E-state index contributed by atoms with van der Waals surface area (Å²) < 4.78 is 5.30. The van der Waals surface area contributed by atoms with E-state index in [9.17, 15) is 19.2 Å². The third kappa shape index (κ3) is 9.41. The highest BCUT2D eigenvalue weighted by Crippen LogP contribution is 2.25. The summed E-state index contributed by atoms with van der Waals surface area (Å²) in [5.74, 6) is -1.44. The van der Waals surface area contributed by atoms with Crippen LogP contribution >= 0.6 is 0 Å². The van der Waals surface area contributed by atoms with Gasteiger partial charge in [-0.2, -0.15) is 0 Å². The molecule has 2 atom stereocenters. The van der Waals surface area contributed by atoms with Gasteiger partial charge in [0.2, 0.25) is 17.7 Å². The van der Waals surface area contributed by atoms with Gasteiger partial charge in [-0.15, -0.1) is 0 Å². The van der Waals surface area contributed by atoms with Crippen LogP contribution in [0, 0.1) is 13.8 Å². The number of carbonyl (C=O) groups is 4. The number of likely N-dealkylation sites (N-methyl/N-ethyl adjacent to an activating group) is 1. The predicted octanol–water partition coefficient (Wildman–Crippen LogP) is 2.88. The van der Waals surface area contributed by atoms with Gasteiger partial charge in [0.1, 0.15) is 17.7 Å². The number of carbonyl (C=O) groups excluding carboxylic acids is 4. The normalized spacial score (nSPS) is 13.1. The van der Waals surface area contributed by atoms with Crippen molar-refractivity contribution in [2.75, 3.05) is 6.54 Å². The average molecular weight is 477 g/mol. The number of nitrogens with zero attached hydrogens (tertiary/aromatic N) is 1. The second-order valence-electron chi connectivity index (χ2n) is 9.81. The lowest BCUT2D eigenvalue weighted by Gasteiger charge is -2.34. The first-order chi connectivity index (χ1) is 15.6. The quantitative estimate of drug-likeness (QED) is 0.478. The van der Waals surface area contributed by atoms with Crippen LogP contribution < -0.4 is 16.4 Å². The molecule has 0 saturated carbocycles. The largest absolute Gasteiger partial charge is 0.444 e. The standard InChI is InChI=1S/C25H40N4O5/c1-9-29(21(22(31)27-15(2)3)18-13-16(4)12-17(5)14-18)23(32)19(10-11-20(26)30)28-24(33)34-25(6,7)8/h12-15,19,21H,9-11H2,1-8H3,(H2,26,30)(H,27,31)(H,28,33). The van der Waals surface area contributed by atoms with Gasteiger partial charge in [0, 0.05) is 19.0 Å². The Morgan fingerprint density at radius 3 is 2.03 bits per heavy atom. The number of primary amides is 1. The Morgan fingerprint density at radius 1 is 1.03 bits per heavy atom. The highest BCUT2D eigenvalue weighted by molar-refractivity contribution is 5.92. The lowest BCUT2D eigenvalue weighted by Crippen LogP contribution is -2.53. The molecule has 9 nitrogen and oxygen atoms in total. The molecule has 0 aliphatic heterocycles. The fraction of sp³-hybridized carbons (Fsp3) is 0.600. The van der Waals surface area contributed by atoms with Gasteiger partial charge in [-0.1, -0.05) is 29.3 Å². The Kier molecular flexibility index (Phi) is 10.5. The lowest BCUT2D eigenvalue weighted by molar-refractivity contribution is -0.142. The topological polar surface area (TPSA) is 131 Å². The summed E-state index contributed by atoms with van der Waals surface area (Å²) in [6.45, 7) is 14.6. The molecule has 4 N–H and O–H groups in total. The van der Waals surface area contributed by atoms with Crippen molar-refractivity contribution in [2.24, 2.45) is 5.73 Å². The first-order valence-corrected chi connectivity index (χ1v) is 11.6. The molecular formula is C25H40N4O5. The van der Waals surface area contributed by atoms with E-state index in [-0.39, 0.29) is 31.3 Å². The van der Waals surface area contributed by atoms with Gasteiger partial charge in [-0.3, -0.25) is 14.4 Å². The number of hydrogen-bond donors (Lipinski definition) is 3. The van der Waals surface area contributed by atoms with E-state index in [2.05, 4.69) is 10.6 Å². The molecule has 0 aliphatic carbocycles. The molecule has 0 heterocycles. The van der Waals surface area contributed by atoms with Crippen LogP contribution in [0.2, 0.25) is 0 Å². The van der Waals surface area contributed by atoms with E-state index in [1.165, 1.54) is 4.90 Å². The minimum Gasteiger partial charge on any atom is -0.444 e. The van der Waals surface area contributed by atoms with Crippen LogP contribution in [0.25, 0.3) is 0 Å². The Hall–Kier alpha value is -3.10. The summed E-state index contributed by atoms with van der Waals surface area (Å²) in [6.07, 6.45) is -0.924. The number of hydrogen-bond acceptors (Lipinski definition) is 5. The summed E-state index contributed by atoms with van der Waals surface area (Å²) in [5, 5.41) is 5.45. The van der Waals surface area contributed by atoms with Gasteiger partial charge in [-0.25, -0.2) is 4.79 Å². The molecule has 4 amide bonds. The van der Waals surface area contributed by atoms with Crippen molar-refractivity contribution in [3.63, 3.8) is 0 Å². The highest BCUT2D eigenvalue weighted by Gasteiger charge is 2.36. The first-order valence-electron chi connectivity index (χ1n) is 11.6. The Balaban J connectivity index is 3.41. The Bertz CT molecular complexity index is 872. The van der Waals surface area contributed by atoms with Gasteiger partial charge in [-0.05, 0) is 67.4 Å². The highest BCUT2D eigenvalue weighted by atomic mass is 16.6. The molecule has 1 aromatic rings. The SMILES string of the molecule is CCN(C(=O)C(CCC(N)=O)NC(=O)OC(C)(C)C)C(C(=O)NC(C)C)c1cc(C)cc(C)c1. The van der Waals surface area contributed by atoms with E-state index in [0.717, 1.165) is 11.1 Å². The van der Waals surface area contributed by atoms with Crippen LogP contribution in [-0.4, -0.2) is 52.9 Å². The molecule has 0 spiro atoms. The van der Waals surface area contributed by atoms with Crippen molar-refractivity contribution in [1.29, 1.82) is 0 Å². The van der Waals surface area contributed by atoms with Crippen molar-refractivity contribution in [3.8, 4) is 0 Å². The van der Waals surface area contributed by atoms with Crippen LogP contribution in [-0.2, 0) is 19.1 Å². The fourth-order valence-electron chi connectivity index (χ4n) is 3.66. The van der Waals surface area contributed by atoms with Crippen LogP contribution in [0.4, 0.5) is 4.79 Å². The van der Waals surface area contributed by atoms with Gasteiger partial charge < -0.3 is 26.0 Å². The molecule has 34 heavy (non-hydrogen) atoms. The number of alkyl carbamates (subject to hydrolysis) is 1. The van der Waals surface area contributed by atoms with Crippen LogP contribution in [0.5, 0.6) is 0 Å². The summed E-state index contributed by atoms with van der Waals surface area (Å²) in [5.41, 5.74) is 7.10. The second-order valence-corrected chi connectivity index (χ2v) is 9.81. The van der Waals surface area contributed by atoms with E-state index in [1.54, 1.807) is 27.7 Å². The molecule has 190 valence electrons. The lowest BCUT2D eigenvalue weighted by atomic mass is 9.98. The third-order valence-corrected chi connectivity index (χ3v) is 4.84. The van der Waals surface area contributed by atoms with Crippen molar-refractivity contribution >= 4 is 23.8 Å². The number of nitrogens with one attached hydrogen (secondary N) is 2. The number of amides is 4. The first kappa shape index (κ1) is 28.9. The maximum Gasteiger partial charge on any atom is 0.408 e. The maximum absolute atomic E-state index is 13.7. The molecule has 1 aromatic carbocycles. The number of nitrogens with two attached hydrogens (primary N) is 1. The summed E-state index contributed by atoms with van der Waals surface area (Å²) in [7, 11) is 0. The molecule has 9 heteroatoms. The van der Waals surface area contributed by atoms with E-state index in [4.69, 9.17) is 10.5 Å². The zero-order valence-corrected chi connectivity index (χ0v) is 21.7. The Morgan fingerprint density at radius 2 is 1.59 bits per heavy atom. The zero-order valence-electron chi connectivity index (χ0n) is 21.7. The van der Waals surface area contributed by atoms with E-state index < -0.39 is 35.6 Å². The van der Waals surface area contributed by atoms with Crippen molar-refractivity contribution in [3.05, 3.63) is 34.9 Å². The minimum atomic E-state index is -1.09.